The summed E-state index contributed by atoms with van der Waals surface area (Å²) in [6.07, 6.45) is -0.286. The van der Waals surface area contributed by atoms with Gasteiger partial charge in [-0.15, -0.1) is 0 Å². The first-order valence-corrected chi connectivity index (χ1v) is 6.04. The van der Waals surface area contributed by atoms with Crippen LogP contribution in [0.1, 0.15) is 5.56 Å². The Kier molecular flexibility index (Phi) is 4.65. The summed E-state index contributed by atoms with van der Waals surface area (Å²) in [6.45, 7) is 1.81. The van der Waals surface area contributed by atoms with Gasteiger partial charge in [-0.1, -0.05) is 17.9 Å². The molecule has 1 saturated heterocycles. The highest BCUT2D eigenvalue weighted by Crippen LogP contribution is 2.13. The molecular weight excluding hydrogens is 246 g/mol. The second kappa shape index (κ2) is 6.66. The van der Waals surface area contributed by atoms with Gasteiger partial charge >= 0.3 is 6.09 Å². The molecule has 1 aliphatic heterocycles. The van der Waals surface area contributed by atoms with E-state index in [2.05, 4.69) is 11.8 Å². The number of cyclic esters (lactones) is 1. The predicted octanol–water partition coefficient (Wildman–Crippen LogP) is 0.861. The summed E-state index contributed by atoms with van der Waals surface area (Å²) < 4.78 is 10.4. The van der Waals surface area contributed by atoms with Gasteiger partial charge in [0.05, 0.1) is 13.1 Å². The molecule has 5 nitrogen and oxygen atoms in total. The maximum absolute atomic E-state index is 11.2. The summed E-state index contributed by atoms with van der Waals surface area (Å²) in [5, 5.41) is 8.63. The Hall–Kier alpha value is -2.19. The minimum Gasteiger partial charge on any atom is -0.492 e. The Bertz CT molecular complexity index is 504. The molecule has 0 aromatic heterocycles. The molecule has 0 radical (unpaired) electrons. The zero-order chi connectivity index (χ0) is 13.5. The highest BCUT2D eigenvalue weighted by Gasteiger charge is 2.21. The molecule has 0 bridgehead atoms. The van der Waals surface area contributed by atoms with Crippen LogP contribution in [-0.4, -0.2) is 49.0 Å². The number of hydrogen-bond donors (Lipinski definition) is 1. The number of aliphatic hydroxyl groups excluding tert-OH is 1. The third kappa shape index (κ3) is 3.90. The van der Waals surface area contributed by atoms with Crippen LogP contribution in [-0.2, 0) is 4.74 Å². The number of carbonyl (C=O) groups is 1. The largest absolute Gasteiger partial charge is 0.492 e. The molecule has 0 atom stereocenters. The third-order valence-corrected chi connectivity index (χ3v) is 2.62. The molecule has 19 heavy (non-hydrogen) atoms. The van der Waals surface area contributed by atoms with Crippen LogP contribution in [0.2, 0.25) is 0 Å². The number of ether oxygens (including phenoxy) is 2. The first-order valence-electron chi connectivity index (χ1n) is 6.04. The summed E-state index contributed by atoms with van der Waals surface area (Å²) in [5.41, 5.74) is 0.784. The standard InChI is InChI=1S/C14H15NO4/c16-8-2-4-12-3-1-5-13(11-12)18-9-6-15-7-10-19-14(15)17/h1,3,5,11,16H,6-10H2. The first-order chi connectivity index (χ1) is 9.29. The number of carbonyl (C=O) groups excluding carboxylic acids is 1. The Morgan fingerprint density at radius 1 is 1.47 bits per heavy atom. The van der Waals surface area contributed by atoms with Gasteiger partial charge < -0.3 is 19.5 Å². The minimum atomic E-state index is -0.286. The van der Waals surface area contributed by atoms with E-state index in [1.807, 2.05) is 18.2 Å². The average Bonchev–Trinajstić information content (AvgIpc) is 2.83. The molecular formula is C14H15NO4. The minimum absolute atomic E-state index is 0.165. The Balaban J connectivity index is 1.84. The average molecular weight is 261 g/mol. The second-order valence-electron chi connectivity index (χ2n) is 3.94. The van der Waals surface area contributed by atoms with Crippen molar-refractivity contribution in [2.45, 2.75) is 0 Å². The molecule has 5 heteroatoms. The van der Waals surface area contributed by atoms with Crippen molar-refractivity contribution in [3.05, 3.63) is 29.8 Å². The molecule has 1 aromatic carbocycles. The molecule has 0 unspecified atom stereocenters. The molecule has 1 aromatic rings. The molecule has 0 saturated carbocycles. The van der Waals surface area contributed by atoms with Gasteiger partial charge in [0.1, 0.15) is 25.6 Å². The van der Waals surface area contributed by atoms with Gasteiger partial charge in [0, 0.05) is 5.56 Å². The molecule has 1 aliphatic rings. The van der Waals surface area contributed by atoms with Crippen LogP contribution in [0.4, 0.5) is 4.79 Å². The summed E-state index contributed by atoms with van der Waals surface area (Å²) in [5.74, 6) is 6.08. The molecule has 100 valence electrons. The third-order valence-electron chi connectivity index (χ3n) is 2.62. The second-order valence-corrected chi connectivity index (χ2v) is 3.94. The van der Waals surface area contributed by atoms with Crippen molar-refractivity contribution in [1.82, 2.24) is 4.90 Å². The zero-order valence-corrected chi connectivity index (χ0v) is 10.5. The molecule has 1 amide bonds. The lowest BCUT2D eigenvalue weighted by molar-refractivity contribution is 0.153. The number of rotatable bonds is 4. The van der Waals surface area contributed by atoms with Crippen LogP contribution in [0.25, 0.3) is 0 Å². The van der Waals surface area contributed by atoms with Gasteiger partial charge in [-0.25, -0.2) is 4.79 Å². The summed E-state index contributed by atoms with van der Waals surface area (Å²) in [4.78, 5) is 12.8. The molecule has 1 N–H and O–H groups in total. The lowest BCUT2D eigenvalue weighted by Gasteiger charge is -2.13. The maximum atomic E-state index is 11.2. The van der Waals surface area contributed by atoms with Crippen LogP contribution in [0, 0.1) is 11.8 Å². The Morgan fingerprint density at radius 2 is 2.37 bits per heavy atom. The normalized spacial score (nSPS) is 13.7. The van der Waals surface area contributed by atoms with Crippen LogP contribution in [0.3, 0.4) is 0 Å². The summed E-state index contributed by atoms with van der Waals surface area (Å²) in [7, 11) is 0. The highest BCUT2D eigenvalue weighted by molar-refractivity contribution is 5.69. The van der Waals surface area contributed by atoms with Crippen molar-refractivity contribution in [1.29, 1.82) is 0 Å². The lowest BCUT2D eigenvalue weighted by atomic mass is 10.2. The van der Waals surface area contributed by atoms with Crippen molar-refractivity contribution in [3.63, 3.8) is 0 Å². The van der Waals surface area contributed by atoms with Crippen molar-refractivity contribution in [2.24, 2.45) is 0 Å². The number of hydrogen-bond acceptors (Lipinski definition) is 4. The molecule has 0 aliphatic carbocycles. The van der Waals surface area contributed by atoms with Gasteiger partial charge in [-0.2, -0.15) is 0 Å². The van der Waals surface area contributed by atoms with E-state index in [9.17, 15) is 4.79 Å². The quantitative estimate of drug-likeness (QED) is 0.817. The number of nitrogens with zero attached hydrogens (tertiary/aromatic N) is 1. The number of aliphatic hydroxyl groups is 1. The zero-order valence-electron chi connectivity index (χ0n) is 10.5. The first kappa shape index (κ1) is 13.2. The predicted molar refractivity (Wildman–Crippen MR) is 68.8 cm³/mol. The molecule has 0 spiro atoms. The summed E-state index contributed by atoms with van der Waals surface area (Å²) in [6, 6.07) is 7.30. The van der Waals surface area contributed by atoms with Crippen LogP contribution >= 0.6 is 0 Å². The van der Waals surface area contributed by atoms with Crippen molar-refractivity contribution in [2.75, 3.05) is 32.9 Å². The van der Waals surface area contributed by atoms with Gasteiger partial charge in [0.2, 0.25) is 0 Å². The van der Waals surface area contributed by atoms with E-state index in [4.69, 9.17) is 14.6 Å². The van der Waals surface area contributed by atoms with Crippen molar-refractivity contribution >= 4 is 6.09 Å². The Morgan fingerprint density at radius 3 is 3.11 bits per heavy atom. The van der Waals surface area contributed by atoms with E-state index < -0.39 is 0 Å². The van der Waals surface area contributed by atoms with Crippen molar-refractivity contribution in [3.8, 4) is 17.6 Å². The van der Waals surface area contributed by atoms with Gasteiger partial charge in [0.25, 0.3) is 0 Å². The van der Waals surface area contributed by atoms with E-state index in [1.165, 1.54) is 0 Å². The van der Waals surface area contributed by atoms with Crippen LogP contribution < -0.4 is 4.74 Å². The molecule has 1 heterocycles. The molecule has 1 fully saturated rings. The SMILES string of the molecule is O=C1OCCN1CCOc1cccc(C#CCO)c1. The topological polar surface area (TPSA) is 59.0 Å². The van der Waals surface area contributed by atoms with Gasteiger partial charge in [-0.05, 0) is 18.2 Å². The fourth-order valence-electron chi connectivity index (χ4n) is 1.71. The highest BCUT2D eigenvalue weighted by atomic mass is 16.6. The van der Waals surface area contributed by atoms with E-state index in [1.54, 1.807) is 11.0 Å². The monoisotopic (exact) mass is 261 g/mol. The Labute approximate surface area is 111 Å². The number of amides is 1. The van der Waals surface area contributed by atoms with Crippen molar-refractivity contribution < 1.29 is 19.4 Å². The fraction of sp³-hybridized carbons (Fsp3) is 0.357. The number of benzene rings is 1. The van der Waals surface area contributed by atoms with E-state index in [0.717, 1.165) is 5.56 Å². The van der Waals surface area contributed by atoms with E-state index in [0.29, 0.717) is 32.1 Å². The van der Waals surface area contributed by atoms with Gasteiger partial charge in [-0.3, -0.25) is 0 Å². The summed E-state index contributed by atoms with van der Waals surface area (Å²) >= 11 is 0. The van der Waals surface area contributed by atoms with Gasteiger partial charge in [0.15, 0.2) is 0 Å². The maximum Gasteiger partial charge on any atom is 0.410 e. The smallest absolute Gasteiger partial charge is 0.410 e. The van der Waals surface area contributed by atoms with Crippen LogP contribution in [0.5, 0.6) is 5.75 Å². The van der Waals surface area contributed by atoms with Crippen LogP contribution in [0.15, 0.2) is 24.3 Å². The van der Waals surface area contributed by atoms with E-state index >= 15 is 0 Å². The molecule has 2 rings (SSSR count). The van der Waals surface area contributed by atoms with E-state index in [-0.39, 0.29) is 12.7 Å². The fourth-order valence-corrected chi connectivity index (χ4v) is 1.71. The lowest BCUT2D eigenvalue weighted by Crippen LogP contribution is -2.29.